The molecule has 4 rings (SSSR count). The molecule has 0 spiro atoms. The molecule has 3 aromatic carbocycles. The molecular weight excluding hydrogens is 445 g/mol. The van der Waals surface area contributed by atoms with Gasteiger partial charge in [-0.25, -0.2) is 9.38 Å². The molecule has 7 heteroatoms. The van der Waals surface area contributed by atoms with Crippen LogP contribution in [0.3, 0.4) is 0 Å². The number of rotatable bonds is 7. The van der Waals surface area contributed by atoms with Crippen LogP contribution in [0.25, 0.3) is 11.1 Å². The summed E-state index contributed by atoms with van der Waals surface area (Å²) in [7, 11) is 3.60. The molecule has 0 aromatic heterocycles. The number of carbonyl (C=O) groups is 1. The third-order valence-electron chi connectivity index (χ3n) is 6.36. The topological polar surface area (TPSA) is 74.2 Å². The number of halogens is 1. The second kappa shape index (κ2) is 10.8. The van der Waals surface area contributed by atoms with Crippen LogP contribution in [-0.4, -0.2) is 55.2 Å². The Labute approximate surface area is 205 Å². The summed E-state index contributed by atoms with van der Waals surface area (Å²) < 4.78 is 20.0. The maximum Gasteiger partial charge on any atom is 0.254 e. The van der Waals surface area contributed by atoms with Gasteiger partial charge in [0.25, 0.3) is 5.91 Å². The van der Waals surface area contributed by atoms with E-state index in [2.05, 4.69) is 10.3 Å². The Balaban J connectivity index is 1.53. The maximum atomic E-state index is 14.9. The average molecular weight is 476 g/mol. The van der Waals surface area contributed by atoms with Crippen molar-refractivity contribution in [2.75, 3.05) is 27.3 Å². The molecule has 1 amide bonds. The van der Waals surface area contributed by atoms with Gasteiger partial charge in [-0.1, -0.05) is 42.5 Å². The lowest BCUT2D eigenvalue weighted by atomic mass is 10.0. The number of ether oxygens (including phenoxy) is 1. The average Bonchev–Trinajstić information content (AvgIpc) is 3.17. The van der Waals surface area contributed by atoms with E-state index in [0.29, 0.717) is 25.1 Å². The predicted octanol–water partition coefficient (Wildman–Crippen LogP) is 4.51. The number of benzene rings is 3. The molecule has 0 fully saturated rings. The molecule has 6 nitrogen and oxygen atoms in total. The van der Waals surface area contributed by atoms with E-state index in [-0.39, 0.29) is 5.56 Å². The normalized spacial score (nSPS) is 17.2. The largest absolute Gasteiger partial charge is 0.390 e. The summed E-state index contributed by atoms with van der Waals surface area (Å²) in [6.07, 6.45) is -0.391. The molecule has 0 aliphatic heterocycles. The SMILES string of the molecule is COCCN(C)C(C)=Nc1ccc2c(c1)[C@@H](NC(=O)c1ccc(-c3ccccc3)cc1F)[C@H](O)C2. The Morgan fingerprint density at radius 3 is 2.63 bits per heavy atom. The summed E-state index contributed by atoms with van der Waals surface area (Å²) in [4.78, 5) is 19.6. The Kier molecular flexibility index (Phi) is 7.58. The molecule has 1 aliphatic rings. The molecule has 182 valence electrons. The summed E-state index contributed by atoms with van der Waals surface area (Å²) in [5.74, 6) is -0.352. The van der Waals surface area contributed by atoms with Crippen LogP contribution >= 0.6 is 0 Å². The van der Waals surface area contributed by atoms with Crippen molar-refractivity contribution in [2.45, 2.75) is 25.5 Å². The lowest BCUT2D eigenvalue weighted by molar-refractivity contribution is 0.0854. The number of carbonyl (C=O) groups excluding carboxylic acids is 1. The number of hydrogen-bond donors (Lipinski definition) is 2. The quantitative estimate of drug-likeness (QED) is 0.390. The zero-order valence-electron chi connectivity index (χ0n) is 20.2. The summed E-state index contributed by atoms with van der Waals surface area (Å²) in [5, 5.41) is 13.5. The van der Waals surface area contributed by atoms with Crippen LogP contribution in [0, 0.1) is 5.82 Å². The van der Waals surface area contributed by atoms with Crippen LogP contribution in [0.4, 0.5) is 10.1 Å². The predicted molar refractivity (Wildman–Crippen MR) is 135 cm³/mol. The van der Waals surface area contributed by atoms with E-state index in [1.807, 2.05) is 67.4 Å². The zero-order valence-corrected chi connectivity index (χ0v) is 20.2. The van der Waals surface area contributed by atoms with Crippen molar-refractivity contribution >= 4 is 17.4 Å². The molecule has 35 heavy (non-hydrogen) atoms. The van der Waals surface area contributed by atoms with Gasteiger partial charge in [-0.2, -0.15) is 0 Å². The van der Waals surface area contributed by atoms with Crippen molar-refractivity contribution in [2.24, 2.45) is 4.99 Å². The van der Waals surface area contributed by atoms with E-state index in [0.717, 1.165) is 28.2 Å². The molecule has 0 saturated carbocycles. The number of amidine groups is 1. The minimum Gasteiger partial charge on any atom is -0.390 e. The van der Waals surface area contributed by atoms with Crippen LogP contribution in [0.5, 0.6) is 0 Å². The molecular formula is C28H30FN3O3. The number of aliphatic hydroxyl groups excluding tert-OH is 1. The van der Waals surface area contributed by atoms with Crippen LogP contribution in [0.15, 0.2) is 71.7 Å². The van der Waals surface area contributed by atoms with Crippen molar-refractivity contribution in [3.63, 3.8) is 0 Å². The van der Waals surface area contributed by atoms with Gasteiger partial charge in [0.05, 0.1) is 30.0 Å². The number of amides is 1. The summed E-state index contributed by atoms with van der Waals surface area (Å²) in [6.45, 7) is 3.22. The van der Waals surface area contributed by atoms with Gasteiger partial charge in [0, 0.05) is 27.1 Å². The maximum absolute atomic E-state index is 14.9. The van der Waals surface area contributed by atoms with E-state index in [4.69, 9.17) is 4.74 Å². The van der Waals surface area contributed by atoms with Crippen LogP contribution < -0.4 is 5.32 Å². The summed E-state index contributed by atoms with van der Waals surface area (Å²) in [5.41, 5.74) is 3.95. The molecule has 1 aliphatic carbocycles. The van der Waals surface area contributed by atoms with Crippen molar-refractivity contribution in [1.82, 2.24) is 10.2 Å². The first-order valence-corrected chi connectivity index (χ1v) is 11.6. The van der Waals surface area contributed by atoms with Gasteiger partial charge >= 0.3 is 0 Å². The molecule has 0 unspecified atom stereocenters. The minimum absolute atomic E-state index is 0.0601. The Morgan fingerprint density at radius 2 is 1.91 bits per heavy atom. The fourth-order valence-corrected chi connectivity index (χ4v) is 4.24. The minimum atomic E-state index is -0.801. The van der Waals surface area contributed by atoms with E-state index in [1.165, 1.54) is 12.1 Å². The highest BCUT2D eigenvalue weighted by Gasteiger charge is 2.33. The van der Waals surface area contributed by atoms with E-state index < -0.39 is 23.9 Å². The molecule has 2 N–H and O–H groups in total. The van der Waals surface area contributed by atoms with Crippen LogP contribution in [-0.2, 0) is 11.2 Å². The highest BCUT2D eigenvalue weighted by molar-refractivity contribution is 5.95. The first-order chi connectivity index (χ1) is 16.9. The van der Waals surface area contributed by atoms with Crippen molar-refractivity contribution in [3.05, 3.63) is 89.2 Å². The van der Waals surface area contributed by atoms with Crippen molar-refractivity contribution < 1.29 is 19.0 Å². The number of likely N-dealkylation sites (N-methyl/N-ethyl adjacent to an activating group) is 1. The van der Waals surface area contributed by atoms with Crippen molar-refractivity contribution in [3.8, 4) is 11.1 Å². The number of nitrogens with one attached hydrogen (secondary N) is 1. The fourth-order valence-electron chi connectivity index (χ4n) is 4.24. The molecule has 2 atom stereocenters. The van der Waals surface area contributed by atoms with Gasteiger partial charge in [0.1, 0.15) is 11.7 Å². The third-order valence-corrected chi connectivity index (χ3v) is 6.36. The summed E-state index contributed by atoms with van der Waals surface area (Å²) >= 11 is 0. The number of nitrogens with zero attached hydrogens (tertiary/aromatic N) is 2. The van der Waals surface area contributed by atoms with Gasteiger partial charge in [-0.3, -0.25) is 4.79 Å². The molecule has 0 bridgehead atoms. The monoisotopic (exact) mass is 475 g/mol. The Bertz CT molecular complexity index is 1230. The van der Waals surface area contributed by atoms with Gasteiger partial charge < -0.3 is 20.1 Å². The van der Waals surface area contributed by atoms with E-state index >= 15 is 0 Å². The fraction of sp³-hybridized carbons (Fsp3) is 0.286. The number of aliphatic hydroxyl groups is 1. The van der Waals surface area contributed by atoms with Crippen molar-refractivity contribution in [1.29, 1.82) is 0 Å². The first kappa shape index (κ1) is 24.6. The third kappa shape index (κ3) is 5.58. The summed E-state index contributed by atoms with van der Waals surface area (Å²) in [6, 6.07) is 19.0. The first-order valence-electron chi connectivity index (χ1n) is 11.6. The number of hydrogen-bond acceptors (Lipinski definition) is 4. The van der Waals surface area contributed by atoms with E-state index in [1.54, 1.807) is 13.2 Å². The number of fused-ring (bicyclic) bond motifs is 1. The highest BCUT2D eigenvalue weighted by atomic mass is 19.1. The Hall–Kier alpha value is -3.55. The van der Waals surface area contributed by atoms with Gasteiger partial charge in [-0.15, -0.1) is 0 Å². The molecule has 0 radical (unpaired) electrons. The zero-order chi connectivity index (χ0) is 24.9. The lowest BCUT2D eigenvalue weighted by Gasteiger charge is -2.19. The van der Waals surface area contributed by atoms with Gasteiger partial charge in [0.15, 0.2) is 0 Å². The smallest absolute Gasteiger partial charge is 0.254 e. The molecule has 0 saturated heterocycles. The Morgan fingerprint density at radius 1 is 1.14 bits per heavy atom. The molecule has 0 heterocycles. The number of methoxy groups -OCH3 is 1. The van der Waals surface area contributed by atoms with E-state index in [9.17, 15) is 14.3 Å². The van der Waals surface area contributed by atoms with Crippen LogP contribution in [0.2, 0.25) is 0 Å². The lowest BCUT2D eigenvalue weighted by Crippen LogP contribution is -2.34. The highest BCUT2D eigenvalue weighted by Crippen LogP contribution is 2.35. The second-order valence-electron chi connectivity index (χ2n) is 8.74. The van der Waals surface area contributed by atoms with Gasteiger partial charge in [-0.05, 0) is 53.4 Å². The molecule has 3 aromatic rings. The van der Waals surface area contributed by atoms with Crippen LogP contribution in [0.1, 0.15) is 34.5 Å². The number of aliphatic imine (C=N–C) groups is 1. The van der Waals surface area contributed by atoms with Gasteiger partial charge in [0.2, 0.25) is 0 Å². The standard InChI is InChI=1S/C28H30FN3O3/c1-18(32(2)13-14-35-3)30-22-11-9-21-16-26(33)27(24(21)17-22)31-28(34)23-12-10-20(15-25(23)29)19-7-5-4-6-8-19/h4-12,15,17,26-27,33H,13-14,16H2,1-3H3,(H,31,34)/t26-,27-/m1/s1. The second-order valence-corrected chi connectivity index (χ2v) is 8.74.